The van der Waals surface area contributed by atoms with E-state index in [1.807, 2.05) is 13.0 Å². The molecule has 0 heterocycles. The fourth-order valence-corrected chi connectivity index (χ4v) is 1.18. The van der Waals surface area contributed by atoms with Crippen LogP contribution in [-0.2, 0) is 0 Å². The first-order valence-corrected chi connectivity index (χ1v) is 4.18. The molecular formula is C9H8BrF. The molecule has 1 rings (SSSR count). The zero-order chi connectivity index (χ0) is 8.27. The summed E-state index contributed by atoms with van der Waals surface area (Å²) in [5.41, 5.74) is 1.98. The number of halogens is 2. The van der Waals surface area contributed by atoms with Gasteiger partial charge < -0.3 is 0 Å². The Morgan fingerprint density at radius 1 is 1.45 bits per heavy atom. The second-order valence-corrected chi connectivity index (χ2v) is 2.82. The second-order valence-electron chi connectivity index (χ2n) is 2.29. The molecule has 0 fully saturated rings. The van der Waals surface area contributed by atoms with Gasteiger partial charge in [-0.2, -0.15) is 0 Å². The largest absolute Gasteiger partial charge is 0.207 e. The van der Waals surface area contributed by atoms with Gasteiger partial charge in [0, 0.05) is 0 Å². The Balaban J connectivity index is 3.09. The van der Waals surface area contributed by atoms with Gasteiger partial charge in [-0.15, -0.1) is 0 Å². The second kappa shape index (κ2) is 3.67. The monoisotopic (exact) mass is 214 g/mol. The van der Waals surface area contributed by atoms with Crippen LogP contribution < -0.4 is 0 Å². The van der Waals surface area contributed by atoms with E-state index in [2.05, 4.69) is 15.9 Å². The molecule has 0 N–H and O–H groups in total. The van der Waals surface area contributed by atoms with E-state index in [1.165, 1.54) is 12.1 Å². The molecule has 0 unspecified atom stereocenters. The van der Waals surface area contributed by atoms with E-state index in [0.717, 1.165) is 11.1 Å². The maximum Gasteiger partial charge on any atom is 0.123 e. The lowest BCUT2D eigenvalue weighted by molar-refractivity contribution is 0.626. The van der Waals surface area contributed by atoms with Crippen molar-refractivity contribution >= 4 is 22.0 Å². The van der Waals surface area contributed by atoms with Gasteiger partial charge in [-0.1, -0.05) is 22.0 Å². The summed E-state index contributed by atoms with van der Waals surface area (Å²) < 4.78 is 12.6. The highest BCUT2D eigenvalue weighted by Crippen LogP contribution is 2.12. The molecule has 0 aliphatic carbocycles. The van der Waals surface area contributed by atoms with Crippen LogP contribution >= 0.6 is 15.9 Å². The van der Waals surface area contributed by atoms with Gasteiger partial charge in [0.25, 0.3) is 0 Å². The molecule has 0 nitrogen and oxygen atoms in total. The van der Waals surface area contributed by atoms with Gasteiger partial charge in [-0.25, -0.2) is 4.39 Å². The summed E-state index contributed by atoms with van der Waals surface area (Å²) in [6, 6.07) is 4.72. The number of hydrogen-bond donors (Lipinski definition) is 0. The fraction of sp³-hybridized carbons (Fsp3) is 0.111. The zero-order valence-corrected chi connectivity index (χ0v) is 7.73. The predicted molar refractivity (Wildman–Crippen MR) is 49.1 cm³/mol. The van der Waals surface area contributed by atoms with Crippen molar-refractivity contribution in [2.75, 3.05) is 0 Å². The molecule has 0 atom stereocenters. The van der Waals surface area contributed by atoms with Gasteiger partial charge in [-0.05, 0) is 41.2 Å². The molecule has 1 aromatic carbocycles. The van der Waals surface area contributed by atoms with Gasteiger partial charge in [0.05, 0.1) is 0 Å². The van der Waals surface area contributed by atoms with E-state index in [0.29, 0.717) is 0 Å². The molecule has 0 amide bonds. The minimum atomic E-state index is -0.186. The molecule has 0 radical (unpaired) electrons. The highest BCUT2D eigenvalue weighted by atomic mass is 79.9. The standard InChI is InChI=1S/C9H8BrF/c1-7-6-9(11)3-2-8(7)4-5-10/h2-6H,1H3/b5-4+. The maximum absolute atomic E-state index is 12.6. The molecule has 1 aromatic rings. The summed E-state index contributed by atoms with van der Waals surface area (Å²) in [5.74, 6) is -0.186. The Kier molecular flexibility index (Phi) is 2.83. The Labute approximate surface area is 73.9 Å². The highest BCUT2D eigenvalue weighted by molar-refractivity contribution is 9.11. The first-order valence-electron chi connectivity index (χ1n) is 3.27. The van der Waals surface area contributed by atoms with Crippen molar-refractivity contribution in [3.63, 3.8) is 0 Å². The molecule has 2 heteroatoms. The Morgan fingerprint density at radius 2 is 2.18 bits per heavy atom. The number of benzene rings is 1. The molecule has 0 saturated heterocycles. The minimum absolute atomic E-state index is 0.186. The van der Waals surface area contributed by atoms with Crippen molar-refractivity contribution in [2.45, 2.75) is 6.92 Å². The smallest absolute Gasteiger partial charge is 0.123 e. The van der Waals surface area contributed by atoms with Crippen LogP contribution in [0.3, 0.4) is 0 Å². The van der Waals surface area contributed by atoms with Crippen molar-refractivity contribution in [1.29, 1.82) is 0 Å². The van der Waals surface area contributed by atoms with Crippen LogP contribution in [0.15, 0.2) is 23.2 Å². The lowest BCUT2D eigenvalue weighted by Crippen LogP contribution is -1.81. The third-order valence-corrected chi connectivity index (χ3v) is 1.74. The SMILES string of the molecule is Cc1cc(F)ccc1/C=C/Br. The van der Waals surface area contributed by atoms with Crippen molar-refractivity contribution in [2.24, 2.45) is 0 Å². The van der Waals surface area contributed by atoms with Gasteiger partial charge >= 0.3 is 0 Å². The average Bonchev–Trinajstić information content (AvgIpc) is 1.95. The van der Waals surface area contributed by atoms with E-state index in [9.17, 15) is 4.39 Å². The average molecular weight is 215 g/mol. The van der Waals surface area contributed by atoms with E-state index >= 15 is 0 Å². The van der Waals surface area contributed by atoms with Crippen molar-refractivity contribution < 1.29 is 4.39 Å². The van der Waals surface area contributed by atoms with Gasteiger partial charge in [0.1, 0.15) is 5.82 Å². The maximum atomic E-state index is 12.6. The fourth-order valence-electron chi connectivity index (χ4n) is 0.894. The molecule has 0 aliphatic rings. The molecule has 0 spiro atoms. The number of hydrogen-bond acceptors (Lipinski definition) is 0. The summed E-state index contributed by atoms with van der Waals surface area (Å²) in [4.78, 5) is 1.76. The molecule has 0 aliphatic heterocycles. The van der Waals surface area contributed by atoms with Crippen molar-refractivity contribution in [3.05, 3.63) is 40.1 Å². The highest BCUT2D eigenvalue weighted by Gasteiger charge is 1.94. The molecule has 0 bridgehead atoms. The van der Waals surface area contributed by atoms with Crippen LogP contribution in [0.5, 0.6) is 0 Å². The summed E-state index contributed by atoms with van der Waals surface area (Å²) in [6.07, 6.45) is 1.88. The summed E-state index contributed by atoms with van der Waals surface area (Å²) >= 11 is 3.16. The van der Waals surface area contributed by atoms with Crippen molar-refractivity contribution in [1.82, 2.24) is 0 Å². The molecular weight excluding hydrogens is 207 g/mol. The lowest BCUT2D eigenvalue weighted by atomic mass is 10.1. The Hall–Kier alpha value is -0.630. The molecule has 0 saturated carbocycles. The third kappa shape index (κ3) is 2.15. The first kappa shape index (κ1) is 8.47. The number of aryl methyl sites for hydroxylation is 1. The third-order valence-electron chi connectivity index (χ3n) is 1.47. The van der Waals surface area contributed by atoms with Crippen LogP contribution in [0.1, 0.15) is 11.1 Å². The van der Waals surface area contributed by atoms with E-state index in [4.69, 9.17) is 0 Å². The quantitative estimate of drug-likeness (QED) is 0.672. The summed E-state index contributed by atoms with van der Waals surface area (Å²) in [7, 11) is 0. The van der Waals surface area contributed by atoms with E-state index in [-0.39, 0.29) is 5.82 Å². The number of rotatable bonds is 1. The minimum Gasteiger partial charge on any atom is -0.207 e. The normalized spacial score (nSPS) is 10.8. The summed E-state index contributed by atoms with van der Waals surface area (Å²) in [6.45, 7) is 1.88. The molecule has 0 aromatic heterocycles. The zero-order valence-electron chi connectivity index (χ0n) is 6.14. The molecule has 58 valence electrons. The first-order chi connectivity index (χ1) is 5.24. The van der Waals surface area contributed by atoms with Gasteiger partial charge in [-0.3, -0.25) is 0 Å². The molecule has 11 heavy (non-hydrogen) atoms. The van der Waals surface area contributed by atoms with E-state index in [1.54, 1.807) is 11.1 Å². The Bertz CT molecular complexity index is 279. The van der Waals surface area contributed by atoms with Crippen LogP contribution in [-0.4, -0.2) is 0 Å². The van der Waals surface area contributed by atoms with Crippen LogP contribution in [0.2, 0.25) is 0 Å². The van der Waals surface area contributed by atoms with E-state index < -0.39 is 0 Å². The Morgan fingerprint density at radius 3 is 2.73 bits per heavy atom. The van der Waals surface area contributed by atoms with Gasteiger partial charge in [0.2, 0.25) is 0 Å². The summed E-state index contributed by atoms with van der Waals surface area (Å²) in [5, 5.41) is 0. The predicted octanol–water partition coefficient (Wildman–Crippen LogP) is 3.50. The van der Waals surface area contributed by atoms with Gasteiger partial charge in [0.15, 0.2) is 0 Å². The van der Waals surface area contributed by atoms with Crippen LogP contribution in [0.25, 0.3) is 6.08 Å². The van der Waals surface area contributed by atoms with Crippen LogP contribution in [0.4, 0.5) is 4.39 Å². The van der Waals surface area contributed by atoms with Crippen LogP contribution in [0, 0.1) is 12.7 Å². The topological polar surface area (TPSA) is 0 Å². The lowest BCUT2D eigenvalue weighted by Gasteiger charge is -1.98. The van der Waals surface area contributed by atoms with Crippen molar-refractivity contribution in [3.8, 4) is 0 Å².